The molecular weight excluding hydrogens is 336 g/mol. The Kier molecular flexibility index (Phi) is 3.23. The second-order valence-corrected chi connectivity index (χ2v) is 6.44. The van der Waals surface area contributed by atoms with E-state index in [2.05, 4.69) is 75.5 Å². The van der Waals surface area contributed by atoms with Crippen LogP contribution in [0.4, 0.5) is 0 Å². The minimum absolute atomic E-state index is 0.641. The Morgan fingerprint density at radius 2 is 1.50 bits per heavy atom. The zero-order chi connectivity index (χ0) is 15.1. The Morgan fingerprint density at radius 1 is 0.864 bits per heavy atom. The van der Waals surface area contributed by atoms with Crippen molar-refractivity contribution in [1.29, 1.82) is 0 Å². The van der Waals surface area contributed by atoms with Crippen molar-refractivity contribution >= 4 is 32.9 Å². The minimum atomic E-state index is 0.641. The fourth-order valence-corrected chi connectivity index (χ4v) is 3.74. The van der Waals surface area contributed by atoms with Crippen molar-refractivity contribution in [1.82, 2.24) is 0 Å². The summed E-state index contributed by atoms with van der Waals surface area (Å²) in [7, 11) is 0. The van der Waals surface area contributed by atoms with Gasteiger partial charge in [0, 0.05) is 6.42 Å². The molecule has 2 N–H and O–H groups in total. The van der Waals surface area contributed by atoms with Gasteiger partial charge in [-0.1, -0.05) is 48.5 Å². The number of nitrogens with two attached hydrogens (primary N) is 1. The van der Waals surface area contributed by atoms with E-state index >= 15 is 0 Å². The largest absolute Gasteiger partial charge is 0.387 e. The van der Waals surface area contributed by atoms with E-state index in [1.807, 2.05) is 0 Å². The van der Waals surface area contributed by atoms with Gasteiger partial charge < -0.3 is 5.73 Å². The smallest absolute Gasteiger partial charge is 0.108 e. The second-order valence-electron chi connectivity index (χ2n) is 5.63. The molecule has 2 aromatic carbocycles. The van der Waals surface area contributed by atoms with Crippen LogP contribution in [0.15, 0.2) is 64.2 Å². The number of amidine groups is 1. The van der Waals surface area contributed by atoms with E-state index in [1.165, 1.54) is 33.4 Å². The van der Waals surface area contributed by atoms with Crippen LogP contribution in [0.1, 0.15) is 28.7 Å². The molecule has 0 aromatic heterocycles. The summed E-state index contributed by atoms with van der Waals surface area (Å²) in [6, 6.07) is 17.2. The van der Waals surface area contributed by atoms with Crippen molar-refractivity contribution in [3.8, 4) is 0 Å². The summed E-state index contributed by atoms with van der Waals surface area (Å²) >= 11 is 3.52. The van der Waals surface area contributed by atoms with Gasteiger partial charge in [-0.3, -0.25) is 0 Å². The van der Waals surface area contributed by atoms with Crippen LogP contribution in [0.25, 0.3) is 11.1 Å². The predicted molar refractivity (Wildman–Crippen MR) is 95.8 cm³/mol. The van der Waals surface area contributed by atoms with E-state index < -0.39 is 0 Å². The van der Waals surface area contributed by atoms with Gasteiger partial charge in [-0.15, -0.1) is 0 Å². The van der Waals surface area contributed by atoms with Crippen molar-refractivity contribution < 1.29 is 0 Å². The van der Waals surface area contributed by atoms with Crippen LogP contribution in [-0.4, -0.2) is 5.84 Å². The van der Waals surface area contributed by atoms with Crippen molar-refractivity contribution in [2.75, 3.05) is 0 Å². The monoisotopic (exact) mass is 350 g/mol. The first-order chi connectivity index (χ1) is 10.7. The number of nitrogens with zero attached hydrogens (tertiary/aromatic N) is 1. The molecule has 1 heterocycles. The summed E-state index contributed by atoms with van der Waals surface area (Å²) in [5, 5.41) is 0. The van der Waals surface area contributed by atoms with E-state index in [4.69, 9.17) is 5.73 Å². The highest BCUT2D eigenvalue weighted by atomic mass is 79.9. The fourth-order valence-electron chi connectivity index (χ4n) is 3.28. The summed E-state index contributed by atoms with van der Waals surface area (Å²) in [6.07, 6.45) is 3.71. The number of benzene rings is 2. The standard InChI is InChI=1S/C19H15BrN2/c20-18-10-16-14-7-3-1-5-12(14)9-13-6-2-4-8-15(13)17(16)11-19(21)22-18/h1-8,10H,9,11H2,(H2,21,22). The molecule has 0 radical (unpaired) electrons. The number of aliphatic imine (C=N–C) groups is 1. The first kappa shape index (κ1) is 13.5. The number of halogens is 1. The quantitative estimate of drug-likeness (QED) is 0.698. The Balaban J connectivity index is 2.08. The third kappa shape index (κ3) is 2.22. The summed E-state index contributed by atoms with van der Waals surface area (Å²) < 4.78 is 0.782. The highest BCUT2D eigenvalue weighted by Gasteiger charge is 2.22. The summed E-state index contributed by atoms with van der Waals surface area (Å²) in [4.78, 5) is 4.41. The Labute approximate surface area is 138 Å². The Bertz CT molecular complexity index is 859. The number of hydrogen-bond donors (Lipinski definition) is 1. The van der Waals surface area contributed by atoms with Crippen molar-refractivity contribution in [3.05, 3.63) is 81.5 Å². The zero-order valence-electron chi connectivity index (χ0n) is 12.0. The maximum atomic E-state index is 6.11. The lowest BCUT2D eigenvalue weighted by molar-refractivity contribution is 1.18. The van der Waals surface area contributed by atoms with Crippen LogP contribution in [-0.2, 0) is 6.42 Å². The Morgan fingerprint density at radius 3 is 2.27 bits per heavy atom. The number of fused-ring (bicyclic) bond motifs is 4. The number of rotatable bonds is 0. The molecule has 0 amide bonds. The lowest BCUT2D eigenvalue weighted by Gasteiger charge is -2.12. The van der Waals surface area contributed by atoms with Gasteiger partial charge in [0.15, 0.2) is 0 Å². The predicted octanol–water partition coefficient (Wildman–Crippen LogP) is 4.50. The molecule has 0 saturated carbocycles. The normalized spacial score (nSPS) is 16.6. The molecule has 3 heteroatoms. The molecular formula is C19H15BrN2. The first-order valence-corrected chi connectivity index (χ1v) is 8.11. The third-order valence-electron chi connectivity index (χ3n) is 4.23. The lowest BCUT2D eigenvalue weighted by atomic mass is 9.92. The molecule has 2 aliphatic rings. The van der Waals surface area contributed by atoms with E-state index in [0.717, 1.165) is 11.0 Å². The van der Waals surface area contributed by atoms with Crippen molar-refractivity contribution in [2.24, 2.45) is 10.7 Å². The SMILES string of the molecule is NC1=NC(Br)=CC2=C(C1)c1ccccc1Cc1ccccc12. The molecule has 1 aliphatic heterocycles. The van der Waals surface area contributed by atoms with E-state index in [0.29, 0.717) is 12.3 Å². The molecule has 1 aliphatic carbocycles. The van der Waals surface area contributed by atoms with E-state index in [1.54, 1.807) is 0 Å². The second kappa shape index (κ2) is 5.25. The molecule has 0 atom stereocenters. The van der Waals surface area contributed by atoms with E-state index in [-0.39, 0.29) is 0 Å². The van der Waals surface area contributed by atoms with Gasteiger partial charge in [0.1, 0.15) is 10.4 Å². The minimum Gasteiger partial charge on any atom is -0.387 e. The molecule has 0 spiro atoms. The van der Waals surface area contributed by atoms with E-state index in [9.17, 15) is 0 Å². The molecule has 0 unspecified atom stereocenters. The van der Waals surface area contributed by atoms with Crippen LogP contribution < -0.4 is 5.73 Å². The van der Waals surface area contributed by atoms with Gasteiger partial charge in [-0.05, 0) is 61.8 Å². The zero-order valence-corrected chi connectivity index (χ0v) is 13.6. The average molecular weight is 351 g/mol. The molecule has 22 heavy (non-hydrogen) atoms. The van der Waals surface area contributed by atoms with Crippen LogP contribution in [0.3, 0.4) is 0 Å². The molecule has 2 nitrogen and oxygen atoms in total. The van der Waals surface area contributed by atoms with Crippen LogP contribution in [0, 0.1) is 0 Å². The van der Waals surface area contributed by atoms with Gasteiger partial charge in [0.05, 0.1) is 0 Å². The molecule has 0 fully saturated rings. The molecule has 0 saturated heterocycles. The summed E-state index contributed by atoms with van der Waals surface area (Å²) in [5.74, 6) is 0.641. The average Bonchev–Trinajstić information content (AvgIpc) is 2.73. The van der Waals surface area contributed by atoms with Gasteiger partial charge in [0.25, 0.3) is 0 Å². The summed E-state index contributed by atoms with van der Waals surface area (Å²) in [5.41, 5.74) is 13.8. The highest BCUT2D eigenvalue weighted by Crippen LogP contribution is 2.40. The number of allylic oxidation sites excluding steroid dienone is 2. The maximum Gasteiger partial charge on any atom is 0.108 e. The molecule has 2 aromatic rings. The van der Waals surface area contributed by atoms with Gasteiger partial charge in [0.2, 0.25) is 0 Å². The first-order valence-electron chi connectivity index (χ1n) is 7.32. The number of hydrogen-bond acceptors (Lipinski definition) is 2. The van der Waals surface area contributed by atoms with Crippen LogP contribution in [0.5, 0.6) is 0 Å². The molecule has 0 bridgehead atoms. The van der Waals surface area contributed by atoms with Gasteiger partial charge >= 0.3 is 0 Å². The fraction of sp³-hybridized carbons (Fsp3) is 0.105. The van der Waals surface area contributed by atoms with Crippen molar-refractivity contribution in [2.45, 2.75) is 12.8 Å². The molecule has 4 rings (SSSR count). The van der Waals surface area contributed by atoms with Gasteiger partial charge in [-0.25, -0.2) is 4.99 Å². The Hall–Kier alpha value is -2.13. The van der Waals surface area contributed by atoms with Gasteiger partial charge in [-0.2, -0.15) is 0 Å². The topological polar surface area (TPSA) is 38.4 Å². The third-order valence-corrected chi connectivity index (χ3v) is 4.63. The van der Waals surface area contributed by atoms with Crippen molar-refractivity contribution in [3.63, 3.8) is 0 Å². The molecule has 108 valence electrons. The lowest BCUT2D eigenvalue weighted by Crippen LogP contribution is -2.12. The highest BCUT2D eigenvalue weighted by molar-refractivity contribution is 9.11. The van der Waals surface area contributed by atoms with Crippen LogP contribution >= 0.6 is 15.9 Å². The summed E-state index contributed by atoms with van der Waals surface area (Å²) in [6.45, 7) is 0. The van der Waals surface area contributed by atoms with Crippen LogP contribution in [0.2, 0.25) is 0 Å². The maximum absolute atomic E-state index is 6.11.